The van der Waals surface area contributed by atoms with Crippen LogP contribution in [0.3, 0.4) is 0 Å². The van der Waals surface area contributed by atoms with E-state index >= 15 is 0 Å². The van der Waals surface area contributed by atoms with Crippen LogP contribution in [0.1, 0.15) is 5.56 Å². The van der Waals surface area contributed by atoms with Crippen LogP contribution in [0.15, 0.2) is 30.6 Å². The molecule has 0 aliphatic carbocycles. The monoisotopic (exact) mass is 325 g/mol. The van der Waals surface area contributed by atoms with Crippen molar-refractivity contribution in [3.8, 4) is 16.9 Å². The van der Waals surface area contributed by atoms with Crippen molar-refractivity contribution in [3.05, 3.63) is 42.0 Å². The van der Waals surface area contributed by atoms with Gasteiger partial charge in [-0.15, -0.1) is 0 Å². The number of hydrogen-bond donors (Lipinski definition) is 2. The molecule has 0 bridgehead atoms. The third-order valence-corrected chi connectivity index (χ3v) is 4.25. The normalized spacial score (nSPS) is 11.3. The first-order valence-corrected chi connectivity index (χ1v) is 7.50. The molecule has 0 amide bonds. The van der Waals surface area contributed by atoms with Crippen molar-refractivity contribution in [2.45, 2.75) is 6.92 Å². The van der Waals surface area contributed by atoms with Crippen molar-refractivity contribution >= 4 is 22.2 Å². The molecular formula is C17H16FN5O. The average molecular weight is 325 g/mol. The smallest absolute Gasteiger partial charge is 0.180 e. The first-order valence-electron chi connectivity index (χ1n) is 7.50. The molecule has 4 aromatic rings. The minimum absolute atomic E-state index is 0.187. The maximum atomic E-state index is 14.7. The molecule has 7 heteroatoms. The van der Waals surface area contributed by atoms with Gasteiger partial charge in [0.1, 0.15) is 11.3 Å². The molecular weight excluding hydrogens is 309 g/mol. The zero-order valence-electron chi connectivity index (χ0n) is 13.5. The molecule has 3 heterocycles. The zero-order valence-corrected chi connectivity index (χ0v) is 13.5. The Bertz CT molecular complexity index is 1070. The minimum Gasteiger partial charge on any atom is -0.491 e. The van der Waals surface area contributed by atoms with Crippen LogP contribution in [0.4, 0.5) is 10.2 Å². The molecule has 0 aliphatic heterocycles. The summed E-state index contributed by atoms with van der Waals surface area (Å²) in [5.41, 5.74) is 3.70. The first-order chi connectivity index (χ1) is 11.6. The number of benzene rings is 1. The van der Waals surface area contributed by atoms with Crippen molar-refractivity contribution in [1.29, 1.82) is 0 Å². The summed E-state index contributed by atoms with van der Waals surface area (Å²) >= 11 is 0. The summed E-state index contributed by atoms with van der Waals surface area (Å²) in [6.07, 6.45) is 3.55. The summed E-state index contributed by atoms with van der Waals surface area (Å²) in [5.74, 6) is 0.582. The standard InChI is InChI=1S/C17H16FN5O/c1-9-14(12-8-20-21-16(12)17(24-3)15(9)18)10-4-5-23-11(6-10)7-13(19-2)22-23/h4-8H,1-3H3,(H,19,22)(H,20,21). The third kappa shape index (κ3) is 1.94. The molecule has 0 aliphatic rings. The summed E-state index contributed by atoms with van der Waals surface area (Å²) in [6, 6.07) is 5.83. The molecule has 0 fully saturated rings. The van der Waals surface area contributed by atoms with E-state index in [0.717, 1.165) is 27.8 Å². The molecule has 2 N–H and O–H groups in total. The van der Waals surface area contributed by atoms with E-state index in [2.05, 4.69) is 20.6 Å². The van der Waals surface area contributed by atoms with E-state index in [1.807, 2.05) is 31.4 Å². The van der Waals surface area contributed by atoms with Gasteiger partial charge < -0.3 is 10.1 Å². The molecule has 6 nitrogen and oxygen atoms in total. The van der Waals surface area contributed by atoms with Crippen LogP contribution in [0, 0.1) is 12.7 Å². The van der Waals surface area contributed by atoms with Crippen LogP contribution >= 0.6 is 0 Å². The van der Waals surface area contributed by atoms with Crippen LogP contribution in [-0.2, 0) is 0 Å². The number of hydrogen-bond acceptors (Lipinski definition) is 4. The highest BCUT2D eigenvalue weighted by Crippen LogP contribution is 2.39. The molecule has 1 aromatic carbocycles. The highest BCUT2D eigenvalue weighted by Gasteiger charge is 2.20. The fourth-order valence-electron chi connectivity index (χ4n) is 3.08. The third-order valence-electron chi connectivity index (χ3n) is 4.25. The van der Waals surface area contributed by atoms with Crippen molar-refractivity contribution in [1.82, 2.24) is 19.8 Å². The Morgan fingerprint density at radius 2 is 2.17 bits per heavy atom. The Morgan fingerprint density at radius 3 is 2.92 bits per heavy atom. The highest BCUT2D eigenvalue weighted by molar-refractivity contribution is 6.00. The Labute approximate surface area is 137 Å². The van der Waals surface area contributed by atoms with Gasteiger partial charge in [0.15, 0.2) is 11.6 Å². The van der Waals surface area contributed by atoms with Gasteiger partial charge in [-0.25, -0.2) is 8.91 Å². The van der Waals surface area contributed by atoms with Gasteiger partial charge in [-0.2, -0.15) is 10.2 Å². The number of ether oxygens (including phenoxy) is 1. The lowest BCUT2D eigenvalue weighted by Crippen LogP contribution is -1.97. The quantitative estimate of drug-likeness (QED) is 0.606. The first kappa shape index (κ1) is 14.5. The van der Waals surface area contributed by atoms with Crippen molar-refractivity contribution < 1.29 is 9.13 Å². The minimum atomic E-state index is -0.381. The van der Waals surface area contributed by atoms with Crippen LogP contribution in [0.5, 0.6) is 5.75 Å². The Hall–Kier alpha value is -3.09. The van der Waals surface area contributed by atoms with Gasteiger partial charge in [-0.3, -0.25) is 5.10 Å². The summed E-state index contributed by atoms with van der Waals surface area (Å²) in [6.45, 7) is 1.75. The molecule has 24 heavy (non-hydrogen) atoms. The lowest BCUT2D eigenvalue weighted by molar-refractivity contribution is 0.389. The van der Waals surface area contributed by atoms with Gasteiger partial charge in [-0.1, -0.05) is 0 Å². The number of fused-ring (bicyclic) bond motifs is 2. The zero-order chi connectivity index (χ0) is 16.8. The number of halogens is 1. The number of nitrogens with one attached hydrogen (secondary N) is 2. The molecule has 0 saturated heterocycles. The number of methoxy groups -OCH3 is 1. The Balaban J connectivity index is 2.02. The average Bonchev–Trinajstić information content (AvgIpc) is 3.22. The van der Waals surface area contributed by atoms with E-state index in [0.29, 0.717) is 11.1 Å². The molecule has 0 unspecified atom stereocenters. The van der Waals surface area contributed by atoms with Crippen molar-refractivity contribution in [2.75, 3.05) is 19.5 Å². The number of aromatic nitrogens is 4. The maximum Gasteiger partial charge on any atom is 0.180 e. The predicted octanol–water partition coefficient (Wildman–Crippen LogP) is 3.38. The lowest BCUT2D eigenvalue weighted by atomic mass is 9.96. The van der Waals surface area contributed by atoms with Crippen LogP contribution < -0.4 is 10.1 Å². The van der Waals surface area contributed by atoms with Gasteiger partial charge in [0.2, 0.25) is 0 Å². The van der Waals surface area contributed by atoms with Gasteiger partial charge in [-0.05, 0) is 35.7 Å². The van der Waals surface area contributed by atoms with E-state index in [1.54, 1.807) is 17.6 Å². The number of pyridine rings is 1. The molecule has 0 radical (unpaired) electrons. The van der Waals surface area contributed by atoms with Gasteiger partial charge in [0.05, 0.1) is 18.8 Å². The summed E-state index contributed by atoms with van der Waals surface area (Å²) < 4.78 is 21.7. The molecule has 0 saturated carbocycles. The molecule has 122 valence electrons. The Morgan fingerprint density at radius 1 is 1.33 bits per heavy atom. The van der Waals surface area contributed by atoms with E-state index in [4.69, 9.17) is 4.74 Å². The van der Waals surface area contributed by atoms with Crippen LogP contribution in [0.2, 0.25) is 0 Å². The number of rotatable bonds is 3. The second-order valence-electron chi connectivity index (χ2n) is 5.57. The Kier molecular flexibility index (Phi) is 3.16. The molecule has 4 rings (SSSR count). The van der Waals surface area contributed by atoms with Crippen molar-refractivity contribution in [3.63, 3.8) is 0 Å². The van der Waals surface area contributed by atoms with Gasteiger partial charge >= 0.3 is 0 Å². The molecule has 0 spiro atoms. The lowest BCUT2D eigenvalue weighted by Gasteiger charge is -2.13. The molecule has 0 atom stereocenters. The van der Waals surface area contributed by atoms with Crippen LogP contribution in [-0.4, -0.2) is 34.0 Å². The van der Waals surface area contributed by atoms with Crippen molar-refractivity contribution in [2.24, 2.45) is 0 Å². The SMILES string of the molecule is CNc1cc2cc(-c3c(C)c(F)c(OC)c4[nH]ncc34)ccn2n1. The summed E-state index contributed by atoms with van der Waals surface area (Å²) in [5, 5.41) is 15.1. The number of H-pyrrole nitrogens is 1. The summed E-state index contributed by atoms with van der Waals surface area (Å²) in [7, 11) is 3.27. The predicted molar refractivity (Wildman–Crippen MR) is 91.1 cm³/mol. The van der Waals surface area contributed by atoms with Crippen LogP contribution in [0.25, 0.3) is 27.5 Å². The fraction of sp³-hybridized carbons (Fsp3) is 0.176. The van der Waals surface area contributed by atoms with Gasteiger partial charge in [0, 0.05) is 24.7 Å². The van der Waals surface area contributed by atoms with E-state index in [-0.39, 0.29) is 11.6 Å². The number of anilines is 1. The van der Waals surface area contributed by atoms with E-state index < -0.39 is 0 Å². The van der Waals surface area contributed by atoms with E-state index in [9.17, 15) is 4.39 Å². The highest BCUT2D eigenvalue weighted by atomic mass is 19.1. The summed E-state index contributed by atoms with van der Waals surface area (Å²) in [4.78, 5) is 0. The fourth-order valence-corrected chi connectivity index (χ4v) is 3.08. The second-order valence-corrected chi connectivity index (χ2v) is 5.57. The van der Waals surface area contributed by atoms with Gasteiger partial charge in [0.25, 0.3) is 0 Å². The second kappa shape index (κ2) is 5.23. The van der Waals surface area contributed by atoms with E-state index in [1.165, 1.54) is 7.11 Å². The number of nitrogens with zero attached hydrogens (tertiary/aromatic N) is 3. The maximum absolute atomic E-state index is 14.7. The largest absolute Gasteiger partial charge is 0.491 e. The topological polar surface area (TPSA) is 67.2 Å². The molecule has 3 aromatic heterocycles. The number of aromatic amines is 1.